The third-order valence-electron chi connectivity index (χ3n) is 2.40. The highest BCUT2D eigenvalue weighted by molar-refractivity contribution is 7.14. The molecule has 1 rings (SSSR count). The topological polar surface area (TPSA) is 98.2 Å². The van der Waals surface area contributed by atoms with Gasteiger partial charge in [0.05, 0.1) is 16.3 Å². The van der Waals surface area contributed by atoms with Gasteiger partial charge in [0.15, 0.2) is 0 Å². The molecule has 5 nitrogen and oxygen atoms in total. The van der Waals surface area contributed by atoms with Gasteiger partial charge >= 0.3 is 0 Å². The second-order valence-corrected chi connectivity index (χ2v) is 5.35. The van der Waals surface area contributed by atoms with Crippen molar-refractivity contribution < 1.29 is 9.59 Å². The van der Waals surface area contributed by atoms with Crippen LogP contribution in [0.3, 0.4) is 0 Å². The minimum atomic E-state index is -0.673. The van der Waals surface area contributed by atoms with Crippen molar-refractivity contribution in [3.05, 3.63) is 21.9 Å². The molecule has 0 bridgehead atoms. The van der Waals surface area contributed by atoms with E-state index in [2.05, 4.69) is 17.2 Å². The summed E-state index contributed by atoms with van der Waals surface area (Å²) >= 11 is 1.25. The minimum absolute atomic E-state index is 0.0575. The summed E-state index contributed by atoms with van der Waals surface area (Å²) in [5.41, 5.74) is 10.5. The van der Waals surface area contributed by atoms with E-state index in [4.69, 9.17) is 11.5 Å². The monoisotopic (exact) mass is 279 g/mol. The van der Waals surface area contributed by atoms with Gasteiger partial charge in [0.2, 0.25) is 5.91 Å². The van der Waals surface area contributed by atoms with Crippen molar-refractivity contribution in [2.75, 3.05) is 6.54 Å². The lowest BCUT2D eigenvalue weighted by Crippen LogP contribution is -2.47. The molecule has 102 valence electrons. The van der Waals surface area contributed by atoms with Gasteiger partial charge in [0, 0.05) is 0 Å². The van der Waals surface area contributed by atoms with Crippen LogP contribution in [0.25, 0.3) is 0 Å². The Kier molecular flexibility index (Phi) is 5.55. The van der Waals surface area contributed by atoms with E-state index in [0.717, 1.165) is 4.88 Å². The normalized spacial score (nSPS) is 11.6. The first-order valence-corrected chi connectivity index (χ1v) is 6.66. The molecule has 1 atom stereocenters. The highest BCUT2D eigenvalue weighted by atomic mass is 32.1. The number of hydrogen-bond donors (Lipinski definition) is 3. The summed E-state index contributed by atoms with van der Waals surface area (Å²) in [5, 5.41) is 2.63. The first kappa shape index (κ1) is 15.2. The zero-order chi connectivity index (χ0) is 14.4. The number of nitrogens with one attached hydrogen (secondary N) is 1. The van der Waals surface area contributed by atoms with E-state index in [1.54, 1.807) is 12.1 Å². The zero-order valence-corrected chi connectivity index (χ0v) is 11.7. The van der Waals surface area contributed by atoms with Crippen LogP contribution in [0.2, 0.25) is 0 Å². The molecule has 0 aromatic carbocycles. The molecule has 0 aliphatic rings. The van der Waals surface area contributed by atoms with E-state index < -0.39 is 11.9 Å². The van der Waals surface area contributed by atoms with Crippen molar-refractivity contribution in [1.29, 1.82) is 0 Å². The molecular formula is C13H17N3O2S. The number of carbonyl (C=O) groups excluding carboxylic acids is 2. The van der Waals surface area contributed by atoms with Crippen molar-refractivity contribution in [2.45, 2.75) is 19.9 Å². The summed E-state index contributed by atoms with van der Waals surface area (Å²) in [4.78, 5) is 24.5. The first-order chi connectivity index (χ1) is 8.95. The fraction of sp³-hybridized carbons (Fsp3) is 0.385. The van der Waals surface area contributed by atoms with Crippen LogP contribution in [-0.2, 0) is 4.79 Å². The molecule has 0 aliphatic carbocycles. The summed E-state index contributed by atoms with van der Waals surface area (Å²) in [6, 6.07) is 2.74. The molecule has 1 aromatic rings. The molecule has 0 saturated carbocycles. The van der Waals surface area contributed by atoms with Crippen molar-refractivity contribution in [3.63, 3.8) is 0 Å². The lowest BCUT2D eigenvalue weighted by Gasteiger charge is -2.18. The van der Waals surface area contributed by atoms with Crippen LogP contribution in [0.4, 0.5) is 0 Å². The molecule has 6 heteroatoms. The smallest absolute Gasteiger partial charge is 0.262 e. The van der Waals surface area contributed by atoms with E-state index in [9.17, 15) is 9.59 Å². The molecule has 2 amide bonds. The average molecular weight is 279 g/mol. The highest BCUT2D eigenvalue weighted by Gasteiger charge is 2.22. The van der Waals surface area contributed by atoms with E-state index in [-0.39, 0.29) is 18.4 Å². The third-order valence-corrected chi connectivity index (χ3v) is 3.40. The number of rotatable bonds is 4. The first-order valence-electron chi connectivity index (χ1n) is 5.84. The molecule has 19 heavy (non-hydrogen) atoms. The van der Waals surface area contributed by atoms with E-state index in [0.29, 0.717) is 4.88 Å². The van der Waals surface area contributed by atoms with Crippen molar-refractivity contribution in [2.24, 2.45) is 17.4 Å². The molecule has 5 N–H and O–H groups in total. The lowest BCUT2D eigenvalue weighted by atomic mass is 10.0. The largest absolute Gasteiger partial charge is 0.368 e. The standard InChI is InChI=1S/C13H17N3O2S/c1-8(2)11(12(15)17)16-13(18)10-6-5-9(19-10)4-3-7-14/h5-6,8,11H,7,14H2,1-2H3,(H2,15,17)(H,16,18). The molecule has 0 aliphatic heterocycles. The summed E-state index contributed by atoms with van der Waals surface area (Å²) in [5.74, 6) is 4.65. The quantitative estimate of drug-likeness (QED) is 0.691. The summed E-state index contributed by atoms with van der Waals surface area (Å²) in [6.07, 6.45) is 0. The van der Waals surface area contributed by atoms with Crippen LogP contribution >= 0.6 is 11.3 Å². The molecular weight excluding hydrogens is 262 g/mol. The number of primary amides is 1. The predicted molar refractivity (Wildman–Crippen MR) is 75.5 cm³/mol. The molecule has 0 saturated heterocycles. The minimum Gasteiger partial charge on any atom is -0.368 e. The molecule has 0 spiro atoms. The summed E-state index contributed by atoms with van der Waals surface area (Å²) in [6.45, 7) is 3.92. The summed E-state index contributed by atoms with van der Waals surface area (Å²) < 4.78 is 0. The van der Waals surface area contributed by atoms with Crippen LogP contribution < -0.4 is 16.8 Å². The maximum Gasteiger partial charge on any atom is 0.262 e. The Bertz CT molecular complexity index is 525. The van der Waals surface area contributed by atoms with E-state index in [1.807, 2.05) is 13.8 Å². The second-order valence-electron chi connectivity index (χ2n) is 4.27. The van der Waals surface area contributed by atoms with Crippen LogP contribution in [0.1, 0.15) is 28.4 Å². The Labute approximate surface area is 116 Å². The Morgan fingerprint density at radius 3 is 2.63 bits per heavy atom. The lowest BCUT2D eigenvalue weighted by molar-refractivity contribution is -0.120. The fourth-order valence-electron chi connectivity index (χ4n) is 1.44. The molecule has 0 radical (unpaired) electrons. The van der Waals surface area contributed by atoms with Gasteiger partial charge in [-0.2, -0.15) is 0 Å². The second kappa shape index (κ2) is 6.92. The number of hydrogen-bond acceptors (Lipinski definition) is 4. The summed E-state index contributed by atoms with van der Waals surface area (Å²) in [7, 11) is 0. The number of amides is 2. The van der Waals surface area contributed by atoms with Gasteiger partial charge in [-0.15, -0.1) is 11.3 Å². The van der Waals surface area contributed by atoms with Gasteiger partial charge < -0.3 is 16.8 Å². The number of thiophene rings is 1. The highest BCUT2D eigenvalue weighted by Crippen LogP contribution is 2.16. The third kappa shape index (κ3) is 4.39. The zero-order valence-electron chi connectivity index (χ0n) is 10.9. The Morgan fingerprint density at radius 2 is 2.11 bits per heavy atom. The molecule has 0 fully saturated rings. The van der Waals surface area contributed by atoms with Crippen molar-refractivity contribution in [3.8, 4) is 11.8 Å². The predicted octanol–water partition coefficient (Wildman–Crippen LogP) is 0.298. The number of carbonyl (C=O) groups is 2. The van der Waals surface area contributed by atoms with E-state index in [1.165, 1.54) is 11.3 Å². The van der Waals surface area contributed by atoms with Crippen LogP contribution in [0.5, 0.6) is 0 Å². The van der Waals surface area contributed by atoms with Gasteiger partial charge in [-0.25, -0.2) is 0 Å². The molecule has 1 heterocycles. The Hall–Kier alpha value is -1.84. The Morgan fingerprint density at radius 1 is 1.42 bits per heavy atom. The molecule has 1 aromatic heterocycles. The van der Waals surface area contributed by atoms with Crippen molar-refractivity contribution >= 4 is 23.2 Å². The van der Waals surface area contributed by atoms with Gasteiger partial charge in [0.1, 0.15) is 6.04 Å². The van der Waals surface area contributed by atoms with Crippen molar-refractivity contribution in [1.82, 2.24) is 5.32 Å². The van der Waals surface area contributed by atoms with E-state index >= 15 is 0 Å². The van der Waals surface area contributed by atoms with Gasteiger partial charge in [-0.05, 0) is 18.1 Å². The molecule has 1 unspecified atom stereocenters. The maximum absolute atomic E-state index is 12.0. The fourth-order valence-corrected chi connectivity index (χ4v) is 2.23. The average Bonchev–Trinajstić information content (AvgIpc) is 2.81. The van der Waals surface area contributed by atoms with Crippen LogP contribution in [-0.4, -0.2) is 24.4 Å². The van der Waals surface area contributed by atoms with Gasteiger partial charge in [-0.1, -0.05) is 25.7 Å². The SMILES string of the molecule is CC(C)C(NC(=O)c1ccc(C#CCN)s1)C(N)=O. The van der Waals surface area contributed by atoms with Gasteiger partial charge in [-0.3, -0.25) is 9.59 Å². The Balaban J connectivity index is 2.77. The maximum atomic E-state index is 12.0. The van der Waals surface area contributed by atoms with Gasteiger partial charge in [0.25, 0.3) is 5.91 Å². The van der Waals surface area contributed by atoms with Crippen LogP contribution in [0, 0.1) is 17.8 Å². The van der Waals surface area contributed by atoms with Crippen LogP contribution in [0.15, 0.2) is 12.1 Å². The number of nitrogens with two attached hydrogens (primary N) is 2.